The molecule has 0 aliphatic carbocycles. The molecule has 5 nitrogen and oxygen atoms in total. The lowest BCUT2D eigenvalue weighted by Crippen LogP contribution is -2.25. The first-order chi connectivity index (χ1) is 16.0. The number of aromatic nitrogens is 1. The summed E-state index contributed by atoms with van der Waals surface area (Å²) in [5.74, 6) is 0.806. The Balaban J connectivity index is 1.92. The van der Waals surface area contributed by atoms with E-state index in [4.69, 9.17) is 16.3 Å². The minimum atomic E-state index is 0.0461. The number of pyridine rings is 1. The molecule has 3 rings (SSSR count). The van der Waals surface area contributed by atoms with Crippen LogP contribution in [0.25, 0.3) is 21.8 Å². The molecule has 33 heavy (non-hydrogen) atoms. The number of benzene rings is 2. The van der Waals surface area contributed by atoms with Gasteiger partial charge in [0.1, 0.15) is 5.75 Å². The minimum Gasteiger partial charge on any atom is -0.493 e. The van der Waals surface area contributed by atoms with Crippen molar-refractivity contribution in [3.8, 4) is 5.75 Å². The van der Waals surface area contributed by atoms with Crippen molar-refractivity contribution in [2.75, 3.05) is 45.9 Å². The van der Waals surface area contributed by atoms with Crippen LogP contribution in [0, 0.1) is 0 Å². The van der Waals surface area contributed by atoms with Gasteiger partial charge < -0.3 is 19.1 Å². The second-order valence-electron chi connectivity index (χ2n) is 8.43. The molecule has 0 saturated carbocycles. The van der Waals surface area contributed by atoms with E-state index >= 15 is 0 Å². The van der Waals surface area contributed by atoms with Crippen molar-refractivity contribution < 1.29 is 4.74 Å². The number of nitrogens with zero attached hydrogens (tertiary/aromatic N) is 3. The molecule has 0 fully saturated rings. The van der Waals surface area contributed by atoms with Crippen molar-refractivity contribution in [2.45, 2.75) is 47.1 Å². The van der Waals surface area contributed by atoms with Gasteiger partial charge in [0.25, 0.3) is 0 Å². The molecule has 6 heteroatoms. The quantitative estimate of drug-likeness (QED) is 0.238. The van der Waals surface area contributed by atoms with Crippen LogP contribution in [0.2, 0.25) is 5.02 Å². The first kappa shape index (κ1) is 25.5. The number of ether oxygens (including phenoxy) is 1. The van der Waals surface area contributed by atoms with Gasteiger partial charge in [0.2, 0.25) is 0 Å². The van der Waals surface area contributed by atoms with Crippen molar-refractivity contribution in [3.05, 3.63) is 51.6 Å². The molecule has 0 atom stereocenters. The van der Waals surface area contributed by atoms with Crippen LogP contribution in [0.1, 0.15) is 40.5 Å². The molecule has 1 heterocycles. The summed E-state index contributed by atoms with van der Waals surface area (Å²) < 4.78 is 8.33. The molecule has 0 amide bonds. The molecular weight excluding hydrogens is 434 g/mol. The first-order valence-electron chi connectivity index (χ1n) is 12.4. The Labute approximate surface area is 202 Å². The molecule has 0 unspecified atom stereocenters. The second kappa shape index (κ2) is 12.4. The zero-order valence-corrected chi connectivity index (χ0v) is 21.3. The zero-order valence-electron chi connectivity index (χ0n) is 20.6. The third kappa shape index (κ3) is 6.28. The van der Waals surface area contributed by atoms with Crippen molar-refractivity contribution >= 4 is 33.4 Å². The number of rotatable bonds is 13. The predicted molar refractivity (Wildman–Crippen MR) is 141 cm³/mol. The molecule has 1 aromatic heterocycles. The summed E-state index contributed by atoms with van der Waals surface area (Å²) >= 11 is 6.34. The topological polar surface area (TPSA) is 37.7 Å². The standard InChI is InChI=1S/C27H38ClN3O2/c1-5-29(6-2)15-9-17-31-25-19-21(28)11-13-23(25)27(32)24-14-12-22(20-26(24)31)33-18-10-16-30(7-3)8-4/h11-14,19-20H,5-10,15-18H2,1-4H3. The highest BCUT2D eigenvalue weighted by Gasteiger charge is 2.13. The average Bonchev–Trinajstić information content (AvgIpc) is 2.83. The fourth-order valence-electron chi connectivity index (χ4n) is 4.46. The lowest BCUT2D eigenvalue weighted by atomic mass is 10.1. The number of hydrogen-bond donors (Lipinski definition) is 0. The Morgan fingerprint density at radius 3 is 2.03 bits per heavy atom. The van der Waals surface area contributed by atoms with E-state index in [0.717, 1.165) is 80.8 Å². The molecule has 0 spiro atoms. The molecule has 0 saturated heterocycles. The molecule has 0 bridgehead atoms. The summed E-state index contributed by atoms with van der Waals surface area (Å²) in [6, 6.07) is 11.4. The van der Waals surface area contributed by atoms with E-state index in [-0.39, 0.29) is 5.43 Å². The molecule has 3 aromatic rings. The highest BCUT2D eigenvalue weighted by atomic mass is 35.5. The Kier molecular flexibility index (Phi) is 9.60. The summed E-state index contributed by atoms with van der Waals surface area (Å²) in [4.78, 5) is 18.0. The number of halogens is 1. The van der Waals surface area contributed by atoms with Gasteiger partial charge >= 0.3 is 0 Å². The van der Waals surface area contributed by atoms with Crippen LogP contribution in [0.3, 0.4) is 0 Å². The number of hydrogen-bond acceptors (Lipinski definition) is 4. The van der Waals surface area contributed by atoms with Crippen LogP contribution in [0.15, 0.2) is 41.2 Å². The average molecular weight is 472 g/mol. The van der Waals surface area contributed by atoms with Crippen LogP contribution < -0.4 is 10.2 Å². The largest absolute Gasteiger partial charge is 0.493 e. The van der Waals surface area contributed by atoms with Gasteiger partial charge in [0, 0.05) is 35.0 Å². The van der Waals surface area contributed by atoms with E-state index < -0.39 is 0 Å². The van der Waals surface area contributed by atoms with Crippen LogP contribution in [-0.4, -0.2) is 60.2 Å². The Morgan fingerprint density at radius 1 is 0.818 bits per heavy atom. The summed E-state index contributed by atoms with van der Waals surface area (Å²) in [6.45, 7) is 16.5. The third-order valence-corrected chi connectivity index (χ3v) is 6.77. The van der Waals surface area contributed by atoms with Gasteiger partial charge in [0.15, 0.2) is 5.43 Å². The molecule has 0 aliphatic rings. The van der Waals surface area contributed by atoms with Crippen molar-refractivity contribution in [2.24, 2.45) is 0 Å². The Hall–Kier alpha value is -2.08. The SMILES string of the molecule is CCN(CC)CCCOc1ccc2c(=O)c3ccc(Cl)cc3n(CCCN(CC)CC)c2c1. The highest BCUT2D eigenvalue weighted by molar-refractivity contribution is 6.31. The van der Waals surface area contributed by atoms with E-state index in [9.17, 15) is 4.79 Å². The van der Waals surface area contributed by atoms with E-state index in [0.29, 0.717) is 17.0 Å². The molecule has 180 valence electrons. The lowest BCUT2D eigenvalue weighted by Gasteiger charge is -2.20. The maximum Gasteiger partial charge on any atom is 0.197 e. The van der Waals surface area contributed by atoms with Crippen LogP contribution in [0.5, 0.6) is 5.75 Å². The van der Waals surface area contributed by atoms with E-state index in [1.54, 1.807) is 6.07 Å². The molecule has 2 aromatic carbocycles. The van der Waals surface area contributed by atoms with Gasteiger partial charge in [0.05, 0.1) is 17.6 Å². The molecule has 0 N–H and O–H groups in total. The normalized spacial score (nSPS) is 11.8. The fourth-order valence-corrected chi connectivity index (χ4v) is 4.63. The third-order valence-electron chi connectivity index (χ3n) is 6.53. The maximum atomic E-state index is 13.2. The van der Waals surface area contributed by atoms with E-state index in [2.05, 4.69) is 42.1 Å². The summed E-state index contributed by atoms with van der Waals surface area (Å²) in [5.41, 5.74) is 1.85. The van der Waals surface area contributed by atoms with Crippen molar-refractivity contribution in [1.82, 2.24) is 14.4 Å². The van der Waals surface area contributed by atoms with Crippen LogP contribution in [-0.2, 0) is 6.54 Å². The van der Waals surface area contributed by atoms with Crippen molar-refractivity contribution in [1.29, 1.82) is 0 Å². The van der Waals surface area contributed by atoms with Gasteiger partial charge in [-0.3, -0.25) is 4.79 Å². The number of fused-ring (bicyclic) bond motifs is 2. The molecule has 0 radical (unpaired) electrons. The van der Waals surface area contributed by atoms with Crippen molar-refractivity contribution in [3.63, 3.8) is 0 Å². The summed E-state index contributed by atoms with van der Waals surface area (Å²) in [7, 11) is 0. The second-order valence-corrected chi connectivity index (χ2v) is 8.87. The molecular formula is C27H38ClN3O2. The van der Waals surface area contributed by atoms with E-state index in [1.807, 2.05) is 30.3 Å². The van der Waals surface area contributed by atoms with Gasteiger partial charge in [-0.25, -0.2) is 0 Å². The summed E-state index contributed by atoms with van der Waals surface area (Å²) in [6.07, 6.45) is 1.97. The van der Waals surface area contributed by atoms with Gasteiger partial charge in [-0.1, -0.05) is 39.3 Å². The highest BCUT2D eigenvalue weighted by Crippen LogP contribution is 2.26. The summed E-state index contributed by atoms with van der Waals surface area (Å²) in [5, 5.41) is 2.08. The van der Waals surface area contributed by atoms with Gasteiger partial charge in [-0.2, -0.15) is 0 Å². The smallest absolute Gasteiger partial charge is 0.197 e. The monoisotopic (exact) mass is 471 g/mol. The molecule has 0 aliphatic heterocycles. The Bertz CT molecular complexity index is 1100. The predicted octanol–water partition coefficient (Wildman–Crippen LogP) is 5.65. The first-order valence-corrected chi connectivity index (χ1v) is 12.7. The van der Waals surface area contributed by atoms with E-state index in [1.165, 1.54) is 0 Å². The van der Waals surface area contributed by atoms with Gasteiger partial charge in [-0.15, -0.1) is 0 Å². The Morgan fingerprint density at radius 2 is 1.39 bits per heavy atom. The zero-order chi connectivity index (χ0) is 23.8. The fraction of sp³-hybridized carbons (Fsp3) is 0.519. The van der Waals surface area contributed by atoms with Crippen LogP contribution in [0.4, 0.5) is 0 Å². The number of aryl methyl sites for hydroxylation is 1. The van der Waals surface area contributed by atoms with Gasteiger partial charge in [-0.05, 0) is 75.9 Å². The maximum absolute atomic E-state index is 13.2. The minimum absolute atomic E-state index is 0.0461. The lowest BCUT2D eigenvalue weighted by molar-refractivity contribution is 0.249. The van der Waals surface area contributed by atoms with Crippen LogP contribution >= 0.6 is 11.6 Å².